The summed E-state index contributed by atoms with van der Waals surface area (Å²) in [4.78, 5) is 24.9. The number of amidine groups is 1. The number of hydrogen-bond acceptors (Lipinski definition) is 5. The molecule has 4 rings (SSSR count). The summed E-state index contributed by atoms with van der Waals surface area (Å²) in [5.41, 5.74) is 6.50. The molecule has 1 fully saturated rings. The molecule has 30 heavy (non-hydrogen) atoms. The van der Waals surface area contributed by atoms with Crippen LogP contribution in [0.5, 0.6) is 0 Å². The molecule has 3 aromatic rings. The summed E-state index contributed by atoms with van der Waals surface area (Å²) in [6, 6.07) is 16.4. The van der Waals surface area contributed by atoms with Crippen LogP contribution in [-0.2, 0) is 4.79 Å². The number of likely N-dealkylation sites (N-methyl/N-ethyl adjacent to an activating group) is 1. The number of rotatable bonds is 4. The minimum atomic E-state index is 0.0109. The van der Waals surface area contributed by atoms with Gasteiger partial charge in [0.05, 0.1) is 10.6 Å². The molecule has 152 valence electrons. The number of hydrogen-bond donors (Lipinski definition) is 0. The van der Waals surface area contributed by atoms with Crippen molar-refractivity contribution in [3.05, 3.63) is 75.5 Å². The zero-order valence-corrected chi connectivity index (χ0v) is 19.1. The first-order valence-electron chi connectivity index (χ1n) is 9.85. The quantitative estimate of drug-likeness (QED) is 0.445. The first-order chi connectivity index (χ1) is 14.5. The Morgan fingerprint density at radius 3 is 2.57 bits per heavy atom. The van der Waals surface area contributed by atoms with Crippen LogP contribution in [0.1, 0.15) is 30.5 Å². The van der Waals surface area contributed by atoms with Crippen molar-refractivity contribution in [1.82, 2.24) is 9.88 Å². The Morgan fingerprint density at radius 2 is 1.87 bits per heavy atom. The van der Waals surface area contributed by atoms with Gasteiger partial charge < -0.3 is 0 Å². The van der Waals surface area contributed by atoms with Gasteiger partial charge in [0.2, 0.25) is 5.13 Å². The average molecular weight is 434 g/mol. The standard InChI is InChI=1S/C24H23N3OS2/c1-5-27-22(28)21(17(4)19-12-11-15(2)16(3)13-19)30-24(27)26-23-25-20(14-29-23)18-9-7-6-8-10-18/h6-14H,5H2,1-4H3/b21-17-,26-24+. The van der Waals surface area contributed by atoms with E-state index >= 15 is 0 Å². The monoisotopic (exact) mass is 433 g/mol. The maximum absolute atomic E-state index is 13.1. The highest BCUT2D eigenvalue weighted by Crippen LogP contribution is 2.38. The van der Waals surface area contributed by atoms with Gasteiger partial charge in [0, 0.05) is 17.5 Å². The molecule has 4 nitrogen and oxygen atoms in total. The second-order valence-electron chi connectivity index (χ2n) is 7.18. The second kappa shape index (κ2) is 8.58. The van der Waals surface area contributed by atoms with Crippen LogP contribution in [0.25, 0.3) is 16.8 Å². The van der Waals surface area contributed by atoms with E-state index in [1.807, 2.05) is 49.6 Å². The Balaban J connectivity index is 1.67. The highest BCUT2D eigenvalue weighted by Gasteiger charge is 2.34. The molecule has 1 aromatic heterocycles. The maximum atomic E-state index is 13.1. The molecule has 1 amide bonds. The lowest BCUT2D eigenvalue weighted by molar-refractivity contribution is -0.122. The molecule has 0 radical (unpaired) electrons. The van der Waals surface area contributed by atoms with E-state index in [2.05, 4.69) is 37.0 Å². The van der Waals surface area contributed by atoms with Gasteiger partial charge in [-0.05, 0) is 61.7 Å². The predicted molar refractivity (Wildman–Crippen MR) is 128 cm³/mol. The highest BCUT2D eigenvalue weighted by molar-refractivity contribution is 8.18. The number of carbonyl (C=O) groups excluding carboxylic acids is 1. The minimum absolute atomic E-state index is 0.0109. The number of thiazole rings is 1. The zero-order valence-electron chi connectivity index (χ0n) is 17.5. The van der Waals surface area contributed by atoms with Crippen molar-refractivity contribution in [3.8, 4) is 11.3 Å². The van der Waals surface area contributed by atoms with Gasteiger partial charge >= 0.3 is 0 Å². The number of thioether (sulfide) groups is 1. The van der Waals surface area contributed by atoms with E-state index in [1.165, 1.54) is 34.2 Å². The zero-order chi connectivity index (χ0) is 21.3. The van der Waals surface area contributed by atoms with Crippen molar-refractivity contribution in [2.24, 2.45) is 4.99 Å². The van der Waals surface area contributed by atoms with Crippen molar-refractivity contribution in [3.63, 3.8) is 0 Å². The summed E-state index contributed by atoms with van der Waals surface area (Å²) in [5, 5.41) is 3.35. The molecule has 2 heterocycles. The summed E-state index contributed by atoms with van der Waals surface area (Å²) in [6.45, 7) is 8.75. The summed E-state index contributed by atoms with van der Waals surface area (Å²) in [6.07, 6.45) is 0. The minimum Gasteiger partial charge on any atom is -0.287 e. The van der Waals surface area contributed by atoms with E-state index in [0.29, 0.717) is 16.8 Å². The third-order valence-electron chi connectivity index (χ3n) is 5.21. The molecule has 2 aromatic carbocycles. The molecule has 0 bridgehead atoms. The van der Waals surface area contributed by atoms with Crippen molar-refractivity contribution in [2.45, 2.75) is 27.7 Å². The average Bonchev–Trinajstić information content (AvgIpc) is 3.34. The van der Waals surface area contributed by atoms with Crippen molar-refractivity contribution < 1.29 is 4.79 Å². The largest absolute Gasteiger partial charge is 0.287 e. The van der Waals surface area contributed by atoms with Crippen LogP contribution in [0.4, 0.5) is 5.13 Å². The second-order valence-corrected chi connectivity index (χ2v) is 8.99. The number of aromatic nitrogens is 1. The van der Waals surface area contributed by atoms with Gasteiger partial charge in [-0.15, -0.1) is 11.3 Å². The highest BCUT2D eigenvalue weighted by atomic mass is 32.2. The lowest BCUT2D eigenvalue weighted by Gasteiger charge is -2.11. The fraction of sp³-hybridized carbons (Fsp3) is 0.208. The van der Waals surface area contributed by atoms with E-state index in [9.17, 15) is 4.79 Å². The molecule has 0 saturated carbocycles. The number of allylic oxidation sites excluding steroid dienone is 1. The number of aliphatic imine (C=N–C) groups is 1. The molecule has 1 aliphatic heterocycles. The molecule has 1 saturated heterocycles. The molecule has 6 heteroatoms. The van der Waals surface area contributed by atoms with E-state index < -0.39 is 0 Å². The van der Waals surface area contributed by atoms with E-state index in [4.69, 9.17) is 4.99 Å². The fourth-order valence-corrected chi connectivity index (χ4v) is 5.10. The molecule has 0 unspecified atom stereocenters. The van der Waals surface area contributed by atoms with Crippen LogP contribution in [0, 0.1) is 13.8 Å². The Bertz CT molecular complexity index is 1160. The summed E-state index contributed by atoms with van der Waals surface area (Å²) < 4.78 is 0. The molecule has 1 aliphatic rings. The van der Waals surface area contributed by atoms with E-state index in [1.54, 1.807) is 4.90 Å². The number of carbonyl (C=O) groups is 1. The Morgan fingerprint density at radius 1 is 1.10 bits per heavy atom. The predicted octanol–water partition coefficient (Wildman–Crippen LogP) is 6.44. The number of nitrogens with zero attached hydrogens (tertiary/aromatic N) is 3. The molecule has 0 atom stereocenters. The Kier molecular flexibility index (Phi) is 5.88. The van der Waals surface area contributed by atoms with Crippen molar-refractivity contribution in [2.75, 3.05) is 6.54 Å². The smallest absolute Gasteiger partial charge is 0.267 e. The fourth-order valence-electron chi connectivity index (χ4n) is 3.24. The molecule has 0 spiro atoms. The van der Waals surface area contributed by atoms with Gasteiger partial charge in [-0.1, -0.05) is 48.5 Å². The topological polar surface area (TPSA) is 45.6 Å². The SMILES string of the molecule is CCN1C(=O)/C(=C(\C)c2ccc(C)c(C)c2)S/C1=N/c1nc(-c2ccccc2)cs1. The summed E-state index contributed by atoms with van der Waals surface area (Å²) >= 11 is 2.93. The van der Waals surface area contributed by atoms with Gasteiger partial charge in [0.15, 0.2) is 5.17 Å². The normalized spacial score (nSPS) is 17.1. The molecular formula is C24H23N3OS2. The molecule has 0 aliphatic carbocycles. The van der Waals surface area contributed by atoms with Gasteiger partial charge in [-0.25, -0.2) is 4.98 Å². The van der Waals surface area contributed by atoms with Crippen LogP contribution in [0.3, 0.4) is 0 Å². The Labute approximate surface area is 185 Å². The third-order valence-corrected chi connectivity index (χ3v) is 7.13. The van der Waals surface area contributed by atoms with Crippen LogP contribution in [0.2, 0.25) is 0 Å². The van der Waals surface area contributed by atoms with Crippen LogP contribution < -0.4 is 0 Å². The van der Waals surface area contributed by atoms with E-state index in [-0.39, 0.29) is 5.91 Å². The number of aryl methyl sites for hydroxylation is 2. The van der Waals surface area contributed by atoms with Crippen LogP contribution >= 0.6 is 23.1 Å². The first-order valence-corrected chi connectivity index (χ1v) is 11.6. The third kappa shape index (κ3) is 3.98. The number of amides is 1. The maximum Gasteiger partial charge on any atom is 0.267 e. The molecular weight excluding hydrogens is 410 g/mol. The van der Waals surface area contributed by atoms with Gasteiger partial charge in [-0.3, -0.25) is 9.69 Å². The lowest BCUT2D eigenvalue weighted by Crippen LogP contribution is -2.28. The van der Waals surface area contributed by atoms with Crippen LogP contribution in [-0.4, -0.2) is 27.5 Å². The summed E-state index contributed by atoms with van der Waals surface area (Å²) in [5.74, 6) is 0.0109. The lowest BCUT2D eigenvalue weighted by atomic mass is 10.0. The van der Waals surface area contributed by atoms with Crippen molar-refractivity contribution in [1.29, 1.82) is 0 Å². The first kappa shape index (κ1) is 20.6. The van der Waals surface area contributed by atoms with Crippen LogP contribution in [0.15, 0.2) is 63.8 Å². The van der Waals surface area contributed by atoms with Crippen molar-refractivity contribution >= 4 is 44.9 Å². The van der Waals surface area contributed by atoms with Gasteiger partial charge in [-0.2, -0.15) is 4.99 Å². The Hall–Kier alpha value is -2.70. The van der Waals surface area contributed by atoms with Gasteiger partial charge in [0.25, 0.3) is 5.91 Å². The molecule has 0 N–H and O–H groups in total. The van der Waals surface area contributed by atoms with Gasteiger partial charge in [0.1, 0.15) is 0 Å². The summed E-state index contributed by atoms with van der Waals surface area (Å²) in [7, 11) is 0. The van der Waals surface area contributed by atoms with E-state index in [0.717, 1.165) is 27.3 Å². The number of benzene rings is 2.